The van der Waals surface area contributed by atoms with Gasteiger partial charge in [-0.3, -0.25) is 9.13 Å². The summed E-state index contributed by atoms with van der Waals surface area (Å²) in [6, 6.07) is 8.13. The number of pyridine rings is 2. The monoisotopic (exact) mass is 378 g/mol. The summed E-state index contributed by atoms with van der Waals surface area (Å²) in [5, 5.41) is 0. The van der Waals surface area contributed by atoms with Crippen LogP contribution in [0, 0.1) is 0 Å². The van der Waals surface area contributed by atoms with Crippen molar-refractivity contribution in [3.05, 3.63) is 60.2 Å². The molecule has 0 spiro atoms. The van der Waals surface area contributed by atoms with Crippen molar-refractivity contribution in [2.45, 2.75) is 0 Å². The van der Waals surface area contributed by atoms with Crippen molar-refractivity contribution in [1.29, 1.82) is 0 Å². The Morgan fingerprint density at radius 3 is 1.12 bits per heavy atom. The second kappa shape index (κ2) is 10.9. The fraction of sp³-hybridized carbons (Fsp3) is 0. The zero-order valence-electron chi connectivity index (χ0n) is 12.1. The quantitative estimate of drug-likeness (QED) is 0.447. The van der Waals surface area contributed by atoms with Gasteiger partial charge in [0.25, 0.3) is 15.6 Å². The molecule has 0 unspecified atom stereocenters. The SMILES string of the molecule is C(=C\c1cc[nH+]cc1)/c1cc[nH+]cc1.O=P([O-])(O)O.O=P([O-])(O)O. The standard InChI is InChI=1S/C12H10N2.2H3O4P/c1(11-3-7-13-8-4-11)2-12-5-9-14-10-6-12;2*1-5(2,3)4/h1-10H;2*(H3,1,2,3,4)/b2-1+;;. The third-order valence-corrected chi connectivity index (χ3v) is 1.96. The molecule has 10 nitrogen and oxygen atoms in total. The number of hydrogen-bond donors (Lipinski definition) is 4. The first-order valence-electron chi connectivity index (χ1n) is 6.08. The van der Waals surface area contributed by atoms with E-state index in [0.717, 1.165) is 0 Å². The van der Waals surface area contributed by atoms with Gasteiger partial charge in [0.15, 0.2) is 24.8 Å². The lowest BCUT2D eigenvalue weighted by molar-refractivity contribution is -0.378. The van der Waals surface area contributed by atoms with Crippen LogP contribution < -0.4 is 19.8 Å². The first-order chi connectivity index (χ1) is 10.9. The van der Waals surface area contributed by atoms with Gasteiger partial charge < -0.3 is 29.4 Å². The number of phosphoric acid groups is 2. The summed E-state index contributed by atoms with van der Waals surface area (Å²) >= 11 is 0. The molecule has 0 saturated carbocycles. The minimum absolute atomic E-state index is 1.19. The van der Waals surface area contributed by atoms with Crippen LogP contribution in [0.25, 0.3) is 12.2 Å². The van der Waals surface area contributed by atoms with Crippen molar-refractivity contribution in [3.8, 4) is 0 Å². The second-order valence-corrected chi connectivity index (χ2v) is 5.94. The predicted molar refractivity (Wildman–Crippen MR) is 79.0 cm³/mol. The lowest BCUT2D eigenvalue weighted by Gasteiger charge is -2.01. The third-order valence-electron chi connectivity index (χ3n) is 1.96. The maximum absolute atomic E-state index is 8.77. The number of aromatic amines is 2. The van der Waals surface area contributed by atoms with Crippen molar-refractivity contribution < 1.29 is 48.5 Å². The molecule has 2 aromatic rings. The smallest absolute Gasteiger partial charge is 0.262 e. The normalized spacial score (nSPS) is 11.1. The topological polar surface area (TPSA) is 189 Å². The molecule has 24 heavy (non-hydrogen) atoms. The predicted octanol–water partition coefficient (Wildman–Crippen LogP) is -1.64. The molecule has 0 atom stereocenters. The molecule has 0 aliphatic carbocycles. The van der Waals surface area contributed by atoms with Crippen LogP contribution in [0.1, 0.15) is 11.1 Å². The average molecular weight is 378 g/mol. The molecule has 12 heteroatoms. The Kier molecular flexibility index (Phi) is 10.1. The highest BCUT2D eigenvalue weighted by molar-refractivity contribution is 7.43. The highest BCUT2D eigenvalue weighted by atomic mass is 31.2. The summed E-state index contributed by atoms with van der Waals surface area (Å²) in [5.41, 5.74) is 2.38. The summed E-state index contributed by atoms with van der Waals surface area (Å²) in [6.07, 6.45) is 11.8. The van der Waals surface area contributed by atoms with Gasteiger partial charge in [0, 0.05) is 24.3 Å². The number of rotatable bonds is 2. The van der Waals surface area contributed by atoms with E-state index >= 15 is 0 Å². The van der Waals surface area contributed by atoms with Gasteiger partial charge in [0.2, 0.25) is 0 Å². The van der Waals surface area contributed by atoms with Crippen molar-refractivity contribution in [2.75, 3.05) is 0 Å². The number of nitrogens with one attached hydrogen (secondary N) is 2. The lowest BCUT2D eigenvalue weighted by atomic mass is 10.2. The van der Waals surface area contributed by atoms with Crippen LogP contribution in [0.15, 0.2) is 49.1 Å². The molecule has 2 heterocycles. The Morgan fingerprint density at radius 1 is 0.708 bits per heavy atom. The molecule has 6 N–H and O–H groups in total. The largest absolute Gasteiger partial charge is 0.756 e. The van der Waals surface area contributed by atoms with Crippen LogP contribution in [-0.4, -0.2) is 19.6 Å². The highest BCUT2D eigenvalue weighted by Crippen LogP contribution is 2.19. The van der Waals surface area contributed by atoms with E-state index in [0.29, 0.717) is 0 Å². The number of hydrogen-bond acceptors (Lipinski definition) is 4. The van der Waals surface area contributed by atoms with Crippen LogP contribution in [0.5, 0.6) is 0 Å². The molecule has 0 saturated heterocycles. The molecule has 132 valence electrons. The van der Waals surface area contributed by atoms with Crippen LogP contribution in [0.3, 0.4) is 0 Å². The lowest BCUT2D eigenvalue weighted by Crippen LogP contribution is -1.97. The molecule has 0 radical (unpaired) electrons. The molecular formula is C12H16N2O8P2. The van der Waals surface area contributed by atoms with E-state index in [4.69, 9.17) is 38.5 Å². The summed E-state index contributed by atoms with van der Waals surface area (Å²) < 4.78 is 17.5. The fourth-order valence-electron chi connectivity index (χ4n) is 1.21. The van der Waals surface area contributed by atoms with E-state index < -0.39 is 15.6 Å². The van der Waals surface area contributed by atoms with Gasteiger partial charge in [-0.2, -0.15) is 0 Å². The van der Waals surface area contributed by atoms with Gasteiger partial charge in [-0.05, 0) is 11.1 Å². The van der Waals surface area contributed by atoms with Crippen LogP contribution in [0.2, 0.25) is 0 Å². The maximum Gasteiger partial charge on any atom is 0.262 e. The fourth-order valence-corrected chi connectivity index (χ4v) is 1.21. The van der Waals surface area contributed by atoms with Crippen molar-refractivity contribution in [3.63, 3.8) is 0 Å². The van der Waals surface area contributed by atoms with Crippen molar-refractivity contribution >= 4 is 27.8 Å². The summed E-state index contributed by atoms with van der Waals surface area (Å²) in [5.74, 6) is 0. The zero-order valence-corrected chi connectivity index (χ0v) is 13.9. The number of aromatic nitrogens is 2. The summed E-state index contributed by atoms with van der Waals surface area (Å²) in [7, 11) is -9.78. The molecule has 0 bridgehead atoms. The van der Waals surface area contributed by atoms with Gasteiger partial charge in [-0.15, -0.1) is 0 Å². The second-order valence-electron chi connectivity index (χ2n) is 3.98. The van der Waals surface area contributed by atoms with Crippen molar-refractivity contribution in [2.24, 2.45) is 0 Å². The van der Waals surface area contributed by atoms with E-state index in [-0.39, 0.29) is 0 Å². The van der Waals surface area contributed by atoms with Crippen LogP contribution in [0.4, 0.5) is 0 Å². The van der Waals surface area contributed by atoms with E-state index in [1.54, 1.807) is 0 Å². The van der Waals surface area contributed by atoms with Gasteiger partial charge in [0.05, 0.1) is 0 Å². The van der Waals surface area contributed by atoms with Gasteiger partial charge in [-0.25, -0.2) is 9.97 Å². The average Bonchev–Trinajstić information content (AvgIpc) is 2.44. The van der Waals surface area contributed by atoms with Gasteiger partial charge in [-0.1, -0.05) is 12.2 Å². The van der Waals surface area contributed by atoms with Gasteiger partial charge in [0.1, 0.15) is 0 Å². The van der Waals surface area contributed by atoms with Gasteiger partial charge >= 0.3 is 0 Å². The molecule has 2 aromatic heterocycles. The Morgan fingerprint density at radius 2 is 0.917 bits per heavy atom. The highest BCUT2D eigenvalue weighted by Gasteiger charge is 1.89. The summed E-state index contributed by atoms with van der Waals surface area (Å²) in [4.78, 5) is 51.8. The molecular weight excluding hydrogens is 362 g/mol. The minimum atomic E-state index is -4.89. The third kappa shape index (κ3) is 20.3. The molecule has 2 rings (SSSR count). The van der Waals surface area contributed by atoms with E-state index in [2.05, 4.69) is 22.1 Å². The Balaban J connectivity index is 0.000000442. The maximum atomic E-state index is 8.77. The first-order valence-corrected chi connectivity index (χ1v) is 9.14. The molecule has 0 aliphatic rings. The van der Waals surface area contributed by atoms with E-state index in [1.165, 1.54) is 11.1 Å². The molecule has 0 fully saturated rings. The molecule has 0 aliphatic heterocycles. The van der Waals surface area contributed by atoms with Crippen LogP contribution in [-0.2, 0) is 9.13 Å². The van der Waals surface area contributed by atoms with E-state index in [9.17, 15) is 0 Å². The zero-order chi connectivity index (χ0) is 18.6. The number of H-pyrrole nitrogens is 2. The Bertz CT molecular complexity index is 621. The first kappa shape index (κ1) is 22.3. The van der Waals surface area contributed by atoms with E-state index in [1.807, 2.05) is 49.1 Å². The molecule has 0 aromatic carbocycles. The Hall–Kier alpha value is -1.74. The Labute approximate surface area is 137 Å². The molecule has 0 amide bonds. The van der Waals surface area contributed by atoms with Crippen molar-refractivity contribution in [1.82, 2.24) is 0 Å². The summed E-state index contributed by atoms with van der Waals surface area (Å²) in [6.45, 7) is 0. The minimum Gasteiger partial charge on any atom is -0.756 e. The van der Waals surface area contributed by atoms with Crippen LogP contribution >= 0.6 is 15.6 Å².